The van der Waals surface area contributed by atoms with E-state index in [1.54, 1.807) is 0 Å². The molecule has 4 aromatic heterocycles. The van der Waals surface area contributed by atoms with Gasteiger partial charge >= 0.3 is 0 Å². The Morgan fingerprint density at radius 1 is 0.600 bits per heavy atom. The van der Waals surface area contributed by atoms with Gasteiger partial charge in [0.2, 0.25) is 0 Å². The van der Waals surface area contributed by atoms with E-state index in [2.05, 4.69) is 65.1 Å². The fourth-order valence-electron chi connectivity index (χ4n) is 6.56. The fraction of sp³-hybridized carbons (Fsp3) is 0.0645. The van der Waals surface area contributed by atoms with Gasteiger partial charge in [-0.1, -0.05) is 48.5 Å². The van der Waals surface area contributed by atoms with Crippen LogP contribution >= 0.6 is 0 Å². The minimum absolute atomic E-state index is 0.905. The van der Waals surface area contributed by atoms with Crippen molar-refractivity contribution >= 4 is 38.6 Å². The number of pyridine rings is 3. The fourth-order valence-corrected chi connectivity index (χ4v) is 6.56. The Kier molecular flexibility index (Phi) is 3.11. The van der Waals surface area contributed by atoms with E-state index in [4.69, 9.17) is 15.0 Å². The smallest absolute Gasteiger partial charge is 0.148 e. The zero-order valence-electron chi connectivity index (χ0n) is 18.8. The summed E-state index contributed by atoms with van der Waals surface area (Å²) >= 11 is 0. The summed E-state index contributed by atoms with van der Waals surface area (Å²) in [5.41, 5.74) is 17.1. The predicted octanol–water partition coefficient (Wildman–Crippen LogP) is 6.73. The average molecular weight is 447 g/mol. The first-order valence-electron chi connectivity index (χ1n) is 12.1. The van der Waals surface area contributed by atoms with Crippen molar-refractivity contribution in [3.63, 3.8) is 0 Å². The summed E-state index contributed by atoms with van der Waals surface area (Å²) in [6.07, 6.45) is 5.58. The molecule has 7 aromatic rings. The van der Waals surface area contributed by atoms with Gasteiger partial charge in [-0.15, -0.1) is 0 Å². The summed E-state index contributed by atoms with van der Waals surface area (Å²) in [6, 6.07) is 26.0. The molecule has 0 saturated heterocycles. The van der Waals surface area contributed by atoms with Crippen molar-refractivity contribution in [3.05, 3.63) is 107 Å². The van der Waals surface area contributed by atoms with Crippen LogP contribution in [0.1, 0.15) is 22.3 Å². The Morgan fingerprint density at radius 3 is 2.11 bits per heavy atom. The molecule has 3 aromatic carbocycles. The van der Waals surface area contributed by atoms with Crippen LogP contribution in [0.15, 0.2) is 85.2 Å². The first-order valence-corrected chi connectivity index (χ1v) is 12.1. The van der Waals surface area contributed by atoms with Gasteiger partial charge < -0.3 is 0 Å². The summed E-state index contributed by atoms with van der Waals surface area (Å²) in [4.78, 5) is 14.9. The molecule has 9 rings (SSSR count). The summed E-state index contributed by atoms with van der Waals surface area (Å²) in [5.74, 6) is 0. The van der Waals surface area contributed by atoms with Crippen LogP contribution in [0.3, 0.4) is 0 Å². The Morgan fingerprint density at radius 2 is 1.29 bits per heavy atom. The maximum Gasteiger partial charge on any atom is 0.148 e. The van der Waals surface area contributed by atoms with Crippen LogP contribution in [0.2, 0.25) is 0 Å². The van der Waals surface area contributed by atoms with Crippen molar-refractivity contribution in [2.24, 2.45) is 0 Å². The van der Waals surface area contributed by atoms with Gasteiger partial charge in [0, 0.05) is 29.8 Å². The molecular formula is C31H18N4. The topological polar surface area (TPSA) is 43.1 Å². The molecule has 35 heavy (non-hydrogen) atoms. The number of rotatable bonds is 0. The lowest BCUT2D eigenvalue weighted by Crippen LogP contribution is -1.97. The lowest BCUT2D eigenvalue weighted by atomic mass is 9.93. The van der Waals surface area contributed by atoms with Gasteiger partial charge in [0.15, 0.2) is 0 Å². The van der Waals surface area contributed by atoms with Crippen molar-refractivity contribution in [2.45, 2.75) is 12.8 Å². The van der Waals surface area contributed by atoms with Gasteiger partial charge in [0.25, 0.3) is 0 Å². The summed E-state index contributed by atoms with van der Waals surface area (Å²) in [6.45, 7) is 0. The highest BCUT2D eigenvalue weighted by atomic mass is 15.0. The number of nitrogens with zero attached hydrogens (tertiary/aromatic N) is 4. The van der Waals surface area contributed by atoms with Crippen molar-refractivity contribution in [1.82, 2.24) is 19.4 Å². The summed E-state index contributed by atoms with van der Waals surface area (Å²) in [5, 5.41) is 1.04. The number of imidazole rings is 1. The zero-order chi connectivity index (χ0) is 22.7. The highest BCUT2D eigenvalue weighted by Crippen LogP contribution is 2.52. The number of aromatic nitrogens is 4. The summed E-state index contributed by atoms with van der Waals surface area (Å²) in [7, 11) is 0. The van der Waals surface area contributed by atoms with Crippen LogP contribution < -0.4 is 0 Å². The average Bonchev–Trinajstić information content (AvgIpc) is 3.60. The first-order chi connectivity index (χ1) is 17.4. The highest BCUT2D eigenvalue weighted by Gasteiger charge is 2.34. The lowest BCUT2D eigenvalue weighted by Gasteiger charge is -2.13. The minimum Gasteiger partial charge on any atom is -0.289 e. The Balaban J connectivity index is 1.60. The van der Waals surface area contributed by atoms with E-state index < -0.39 is 0 Å². The molecule has 0 saturated carbocycles. The van der Waals surface area contributed by atoms with Gasteiger partial charge in [0.05, 0.1) is 16.6 Å². The molecule has 0 atom stereocenters. The molecule has 4 heterocycles. The Labute approximate surface area is 200 Å². The van der Waals surface area contributed by atoms with E-state index in [0.29, 0.717) is 0 Å². The Bertz CT molecular complexity index is 2070. The van der Waals surface area contributed by atoms with E-state index in [-0.39, 0.29) is 0 Å². The monoisotopic (exact) mass is 446 g/mol. The van der Waals surface area contributed by atoms with Gasteiger partial charge in [-0.2, -0.15) is 0 Å². The molecule has 0 aliphatic heterocycles. The molecular weight excluding hydrogens is 428 g/mol. The van der Waals surface area contributed by atoms with E-state index >= 15 is 0 Å². The Hall–Kier alpha value is -4.57. The molecule has 0 amide bonds. The maximum absolute atomic E-state index is 5.39. The van der Waals surface area contributed by atoms with Crippen molar-refractivity contribution in [3.8, 4) is 22.3 Å². The van der Waals surface area contributed by atoms with Crippen LogP contribution in [0.5, 0.6) is 0 Å². The molecule has 162 valence electrons. The van der Waals surface area contributed by atoms with Crippen LogP contribution in [0.25, 0.3) is 60.9 Å². The molecule has 4 heteroatoms. The second-order valence-corrected chi connectivity index (χ2v) is 9.61. The molecule has 0 spiro atoms. The largest absolute Gasteiger partial charge is 0.289 e. The summed E-state index contributed by atoms with van der Waals surface area (Å²) < 4.78 is 2.35. The number of hydrogen-bond acceptors (Lipinski definition) is 3. The third-order valence-corrected chi connectivity index (χ3v) is 7.91. The number of fused-ring (bicyclic) bond motifs is 17. The quantitative estimate of drug-likeness (QED) is 0.243. The van der Waals surface area contributed by atoms with Crippen LogP contribution in [-0.2, 0) is 12.8 Å². The third kappa shape index (κ3) is 2.07. The molecule has 2 aliphatic carbocycles. The van der Waals surface area contributed by atoms with Gasteiger partial charge in [0.1, 0.15) is 16.7 Å². The molecule has 0 N–H and O–H groups in total. The molecule has 4 nitrogen and oxygen atoms in total. The predicted molar refractivity (Wildman–Crippen MR) is 140 cm³/mol. The standard InChI is InChI=1S/C31H18N4/c1-3-9-19-18(8-1)16-23-25(19)22-15-17-7-2-4-10-20(17)26(22)30-28(23)34-31-21-11-5-13-32-27(21)29-24(35(30)31)12-6-14-33-29/h1-14H,15-16H2. The van der Waals surface area contributed by atoms with Crippen LogP contribution in [0, 0.1) is 0 Å². The van der Waals surface area contributed by atoms with Crippen LogP contribution in [-0.4, -0.2) is 19.4 Å². The van der Waals surface area contributed by atoms with Crippen LogP contribution in [0.4, 0.5) is 0 Å². The van der Waals surface area contributed by atoms with Gasteiger partial charge in [-0.05, 0) is 69.6 Å². The van der Waals surface area contributed by atoms with E-state index in [1.165, 1.54) is 50.0 Å². The second kappa shape index (κ2) is 6.10. The highest BCUT2D eigenvalue weighted by molar-refractivity contribution is 6.14. The zero-order valence-corrected chi connectivity index (χ0v) is 18.8. The van der Waals surface area contributed by atoms with E-state index in [0.717, 1.165) is 45.9 Å². The third-order valence-electron chi connectivity index (χ3n) is 7.91. The van der Waals surface area contributed by atoms with Crippen molar-refractivity contribution in [2.75, 3.05) is 0 Å². The number of hydrogen-bond donors (Lipinski definition) is 0. The van der Waals surface area contributed by atoms with Gasteiger partial charge in [-0.25, -0.2) is 4.98 Å². The molecule has 0 unspecified atom stereocenters. The number of benzene rings is 3. The lowest BCUT2D eigenvalue weighted by molar-refractivity contribution is 1.24. The molecule has 2 aliphatic rings. The maximum atomic E-state index is 5.39. The van der Waals surface area contributed by atoms with Crippen molar-refractivity contribution in [1.29, 1.82) is 0 Å². The van der Waals surface area contributed by atoms with Gasteiger partial charge in [-0.3, -0.25) is 14.4 Å². The SMILES string of the molecule is c1ccc2c(c1)Cc1c-2c2c(c3c1nc1c4cccnc4c4ncccc4n13)-c1ccccc1C2. The van der Waals surface area contributed by atoms with Crippen molar-refractivity contribution < 1.29 is 0 Å². The first kappa shape index (κ1) is 17.8. The molecule has 0 radical (unpaired) electrons. The normalized spacial score (nSPS) is 13.5. The minimum atomic E-state index is 0.905. The molecule has 0 bridgehead atoms. The molecule has 0 fully saturated rings. The van der Waals surface area contributed by atoms with E-state index in [1.807, 2.05) is 24.5 Å². The van der Waals surface area contributed by atoms with E-state index in [9.17, 15) is 0 Å². The second-order valence-electron chi connectivity index (χ2n) is 9.61.